The smallest absolute Gasteiger partial charge is 0.415 e. The van der Waals surface area contributed by atoms with Crippen LogP contribution in [0.1, 0.15) is 146 Å². The molecule has 1 fully saturated rings. The molecule has 0 bridgehead atoms. The first-order valence-corrected chi connectivity index (χ1v) is 26.6. The highest BCUT2D eigenvalue weighted by Gasteiger charge is 2.65. The number of carbonyl (C=O) groups excluding carboxylic acids is 2. The molecule has 3 aromatic rings. The Bertz CT molecular complexity index is 2240. The molecule has 6 atom stereocenters. The number of oxime groups is 1. The molecule has 0 aromatic heterocycles. The topological polar surface area (TPSA) is 192 Å². The highest BCUT2D eigenvalue weighted by molar-refractivity contribution is 6.03. The molecule has 6 rings (SSSR count). The summed E-state index contributed by atoms with van der Waals surface area (Å²) in [5, 5.41) is 39.4. The second-order valence-electron chi connectivity index (χ2n) is 19.3. The summed E-state index contributed by atoms with van der Waals surface area (Å²) in [7, 11) is 0. The minimum Gasteiger partial charge on any atom is -0.459 e. The van der Waals surface area contributed by atoms with E-state index in [0.29, 0.717) is 43.0 Å². The van der Waals surface area contributed by atoms with E-state index >= 15 is 0 Å². The number of benzene rings is 3. The van der Waals surface area contributed by atoms with Gasteiger partial charge in [-0.1, -0.05) is 132 Å². The maximum Gasteiger partial charge on any atom is 0.415 e. The van der Waals surface area contributed by atoms with E-state index in [-0.39, 0.29) is 68.6 Å². The van der Waals surface area contributed by atoms with Crippen LogP contribution in [0.15, 0.2) is 102 Å². The first kappa shape index (κ1) is 55.5. The summed E-state index contributed by atoms with van der Waals surface area (Å²) in [4.78, 5) is 46.9. The first-order valence-electron chi connectivity index (χ1n) is 26.6. The Morgan fingerprint density at radius 3 is 2.21 bits per heavy atom. The number of allylic oxidation sites excluding steroid dienone is 1. The summed E-state index contributed by atoms with van der Waals surface area (Å²) in [5.74, 6) is -1.61. The zero-order valence-corrected chi connectivity index (χ0v) is 42.6. The van der Waals surface area contributed by atoms with Crippen LogP contribution in [0.2, 0.25) is 0 Å². The molecular weight excluding hydrogens is 917 g/mol. The number of fused-ring (bicyclic) bond motifs is 2. The van der Waals surface area contributed by atoms with Crippen LogP contribution in [-0.4, -0.2) is 82.7 Å². The van der Waals surface area contributed by atoms with Gasteiger partial charge in [-0.25, -0.2) is 9.59 Å². The predicted molar refractivity (Wildman–Crippen MR) is 278 cm³/mol. The molecule has 1 heterocycles. The number of ether oxygens (including phenoxy) is 4. The van der Waals surface area contributed by atoms with Gasteiger partial charge in [0.15, 0.2) is 0 Å². The molecule has 2 amide bonds. The van der Waals surface area contributed by atoms with E-state index in [4.69, 9.17) is 28.9 Å². The van der Waals surface area contributed by atoms with E-state index in [2.05, 4.69) is 24.9 Å². The van der Waals surface area contributed by atoms with Crippen molar-refractivity contribution in [2.75, 3.05) is 32.9 Å². The molecule has 15 nitrogen and oxygen atoms in total. The Kier molecular flexibility index (Phi) is 22.4. The third kappa shape index (κ3) is 14.9. The zero-order valence-electron chi connectivity index (χ0n) is 42.6. The van der Waals surface area contributed by atoms with Crippen LogP contribution in [-0.2, 0) is 16.2 Å². The first-order chi connectivity index (χ1) is 35.2. The molecule has 3 aliphatic rings. The Hall–Kier alpha value is -5.77. The van der Waals surface area contributed by atoms with Gasteiger partial charge in [-0.3, -0.25) is 15.0 Å². The van der Waals surface area contributed by atoms with Crippen LogP contribution >= 0.6 is 0 Å². The largest absolute Gasteiger partial charge is 0.459 e. The molecule has 15 heteroatoms. The second-order valence-corrected chi connectivity index (χ2v) is 19.3. The lowest BCUT2D eigenvalue weighted by atomic mass is 9.55. The molecule has 2 aliphatic carbocycles. The van der Waals surface area contributed by atoms with Gasteiger partial charge in [-0.2, -0.15) is 0 Å². The zero-order chi connectivity index (χ0) is 51.1. The number of hydrogen-bond donors (Lipinski definition) is 3. The van der Waals surface area contributed by atoms with Crippen molar-refractivity contribution in [3.63, 3.8) is 0 Å². The third-order valence-electron chi connectivity index (χ3n) is 14.2. The van der Waals surface area contributed by atoms with Crippen molar-refractivity contribution in [1.82, 2.24) is 10.2 Å². The van der Waals surface area contributed by atoms with Gasteiger partial charge in [0.25, 0.3) is 5.69 Å². The van der Waals surface area contributed by atoms with Gasteiger partial charge in [-0.15, -0.1) is 6.58 Å². The standard InChI is InChI=1S/C57H78N4O11/c1-4-7-8-9-10-11-12-13-14-20-33-58-55(64)70-46-31-32-51-49(39-46)53-47(26-19-22-36-63)43(25-18-21-35-62)38-48-50(59-69-41-42-23-16-15-17-24-42)40-52(57(72-51,54(48)53)68-37-6-3)60(34-5-2)56(65)71-45-29-27-44(28-30-45)61(66)67/h6,15-17,23-24,27-32,38-39,43,47,52-54,62-63H,3-5,7-14,18-22,25-26,33-37,40-41H2,1-2H3,(H,58,64)/t43-,47+,52-,53+,54+,57+/m0/s1. The number of aliphatic hydroxyl groups excluding tert-OH is 2. The highest BCUT2D eigenvalue weighted by atomic mass is 16.7. The molecule has 1 aliphatic heterocycles. The SMILES string of the molecule is C=CCO[C@@]12Oc3ccc(OC(=O)NCCCCCCCCCCCC)cc3[C@H]3[C@H](CCCCO)[C@@H](CCCCO)C=C(C(=NOCc4ccccc4)C[C@@H]1N(CCC)C(=O)Oc1ccc([N+](=O)[O-])cc1)[C@H]32. The fourth-order valence-corrected chi connectivity index (χ4v) is 10.8. The molecule has 0 spiro atoms. The molecule has 72 heavy (non-hydrogen) atoms. The van der Waals surface area contributed by atoms with Gasteiger partial charge in [-0.05, 0) is 91.8 Å². The van der Waals surface area contributed by atoms with E-state index in [1.807, 2.05) is 49.4 Å². The number of nitrogens with one attached hydrogen (secondary N) is 1. The fourth-order valence-electron chi connectivity index (χ4n) is 10.8. The lowest BCUT2D eigenvalue weighted by molar-refractivity contribution is -0.384. The maximum atomic E-state index is 14.7. The molecule has 392 valence electrons. The van der Waals surface area contributed by atoms with Gasteiger partial charge < -0.3 is 39.3 Å². The van der Waals surface area contributed by atoms with E-state index < -0.39 is 34.9 Å². The Labute approximate surface area is 426 Å². The predicted octanol–water partition coefficient (Wildman–Crippen LogP) is 12.3. The van der Waals surface area contributed by atoms with Crippen LogP contribution in [0.5, 0.6) is 17.2 Å². The third-order valence-corrected chi connectivity index (χ3v) is 14.2. The number of nitro benzene ring substituents is 1. The quantitative estimate of drug-likeness (QED) is 0.0240. The summed E-state index contributed by atoms with van der Waals surface area (Å²) < 4.78 is 26.4. The van der Waals surface area contributed by atoms with Crippen molar-refractivity contribution in [1.29, 1.82) is 0 Å². The minimum atomic E-state index is -1.56. The van der Waals surface area contributed by atoms with E-state index in [1.54, 1.807) is 17.0 Å². The monoisotopic (exact) mass is 995 g/mol. The number of unbranched alkanes of at least 4 members (excludes halogenated alkanes) is 11. The number of hydrogen-bond acceptors (Lipinski definition) is 12. The van der Waals surface area contributed by atoms with Crippen molar-refractivity contribution in [3.8, 4) is 17.2 Å². The van der Waals surface area contributed by atoms with E-state index in [9.17, 15) is 29.9 Å². The molecule has 3 N–H and O–H groups in total. The molecule has 3 aromatic carbocycles. The maximum absolute atomic E-state index is 14.7. The number of rotatable bonds is 31. The Morgan fingerprint density at radius 2 is 1.54 bits per heavy atom. The lowest BCUT2D eigenvalue weighted by Crippen LogP contribution is -2.70. The van der Waals surface area contributed by atoms with Crippen molar-refractivity contribution in [3.05, 3.63) is 118 Å². The Morgan fingerprint density at radius 1 is 0.861 bits per heavy atom. The normalized spacial score (nSPS) is 21.4. The van der Waals surface area contributed by atoms with Crippen molar-refractivity contribution < 1.29 is 48.5 Å². The van der Waals surface area contributed by atoms with Gasteiger partial charge >= 0.3 is 12.2 Å². The minimum absolute atomic E-state index is 0.0156. The summed E-state index contributed by atoms with van der Waals surface area (Å²) in [6.45, 7) is 9.30. The molecule has 1 saturated carbocycles. The second kappa shape index (κ2) is 29.1. The van der Waals surface area contributed by atoms with Gasteiger partial charge in [0.1, 0.15) is 29.9 Å². The number of non-ortho nitro benzene ring substituents is 1. The van der Waals surface area contributed by atoms with Crippen LogP contribution in [0.4, 0.5) is 15.3 Å². The van der Waals surface area contributed by atoms with Crippen LogP contribution in [0, 0.1) is 27.9 Å². The van der Waals surface area contributed by atoms with Crippen LogP contribution in [0.3, 0.4) is 0 Å². The van der Waals surface area contributed by atoms with Crippen molar-refractivity contribution in [2.24, 2.45) is 22.9 Å². The average Bonchev–Trinajstić information content (AvgIpc) is 3.38. The fraction of sp³-hybridized carbons (Fsp3) is 0.561. The number of amides is 2. The van der Waals surface area contributed by atoms with E-state index in [0.717, 1.165) is 61.6 Å². The highest BCUT2D eigenvalue weighted by Crippen LogP contribution is 2.62. The number of aliphatic hydroxyl groups is 2. The summed E-state index contributed by atoms with van der Waals surface area (Å²) in [6.07, 6.45) is 19.5. The van der Waals surface area contributed by atoms with Gasteiger partial charge in [0.05, 0.1) is 23.2 Å². The summed E-state index contributed by atoms with van der Waals surface area (Å²) in [5.41, 5.74) is 3.06. The van der Waals surface area contributed by atoms with E-state index in [1.165, 1.54) is 69.2 Å². The van der Waals surface area contributed by atoms with Crippen molar-refractivity contribution in [2.45, 2.75) is 154 Å². The Balaban J connectivity index is 1.40. The molecule has 0 saturated heterocycles. The molecular formula is C57H78N4O11. The number of nitrogens with zero attached hydrogens (tertiary/aromatic N) is 3. The van der Waals surface area contributed by atoms with Crippen LogP contribution < -0.4 is 19.5 Å². The van der Waals surface area contributed by atoms with Gasteiger partial charge in [0, 0.05) is 56.3 Å². The number of nitro groups is 1. The molecule has 0 unspecified atom stereocenters. The van der Waals surface area contributed by atoms with Gasteiger partial charge in [0.2, 0.25) is 5.79 Å². The van der Waals surface area contributed by atoms with Crippen molar-refractivity contribution >= 4 is 23.6 Å². The summed E-state index contributed by atoms with van der Waals surface area (Å²) >= 11 is 0. The molecule has 0 radical (unpaired) electrons. The summed E-state index contributed by atoms with van der Waals surface area (Å²) in [6, 6.07) is 19.7. The lowest BCUT2D eigenvalue weighted by Gasteiger charge is -2.59. The average molecular weight is 995 g/mol. The van der Waals surface area contributed by atoms with Crippen LogP contribution in [0.25, 0.3) is 0 Å². The number of carbonyl (C=O) groups is 2.